The van der Waals surface area contributed by atoms with Gasteiger partial charge in [0.15, 0.2) is 0 Å². The van der Waals surface area contributed by atoms with Crippen molar-refractivity contribution in [3.63, 3.8) is 0 Å². The van der Waals surface area contributed by atoms with Crippen LogP contribution < -0.4 is 14.4 Å². The van der Waals surface area contributed by atoms with Crippen molar-refractivity contribution in [3.8, 4) is 5.75 Å². The van der Waals surface area contributed by atoms with Crippen LogP contribution in [-0.4, -0.2) is 57.1 Å². The second kappa shape index (κ2) is 13.2. The van der Waals surface area contributed by atoms with E-state index in [1.54, 1.807) is 43.3 Å². The second-order valence-corrected chi connectivity index (χ2v) is 11.2. The highest BCUT2D eigenvalue weighted by atomic mass is 35.5. The van der Waals surface area contributed by atoms with E-state index in [0.29, 0.717) is 34.2 Å². The molecular weight excluding hydrogens is 525 g/mol. The summed E-state index contributed by atoms with van der Waals surface area (Å²) < 4.78 is 31.6. The molecule has 0 bridgehead atoms. The Morgan fingerprint density at radius 2 is 1.67 bits per heavy atom. The molecule has 0 aliphatic heterocycles. The highest BCUT2D eigenvalue weighted by Crippen LogP contribution is 2.28. The summed E-state index contributed by atoms with van der Waals surface area (Å²) in [5.41, 5.74) is 0.731. The van der Waals surface area contributed by atoms with Gasteiger partial charge in [-0.15, -0.1) is 0 Å². The number of hydrogen-bond donors (Lipinski definition) is 1. The molecule has 0 saturated heterocycles. The smallest absolute Gasteiger partial charge is 0.244 e. The van der Waals surface area contributed by atoms with E-state index in [-0.39, 0.29) is 24.2 Å². The Labute approximate surface area is 223 Å². The number of carbonyl (C=O) groups is 2. The van der Waals surface area contributed by atoms with E-state index < -0.39 is 28.5 Å². The molecule has 0 radical (unpaired) electrons. The number of anilines is 1. The van der Waals surface area contributed by atoms with Crippen molar-refractivity contribution in [2.75, 3.05) is 24.2 Å². The van der Waals surface area contributed by atoms with Crippen molar-refractivity contribution in [2.45, 2.75) is 52.2 Å². The Morgan fingerprint density at radius 1 is 1.06 bits per heavy atom. The minimum Gasteiger partial charge on any atom is -0.497 e. The van der Waals surface area contributed by atoms with Gasteiger partial charge in [-0.1, -0.05) is 49.2 Å². The fourth-order valence-corrected chi connectivity index (χ4v) is 4.95. The van der Waals surface area contributed by atoms with Crippen LogP contribution in [0.25, 0.3) is 0 Å². The second-order valence-electron chi connectivity index (χ2n) is 8.43. The first kappa shape index (κ1) is 29.7. The summed E-state index contributed by atoms with van der Waals surface area (Å²) in [5.74, 6) is -0.478. The van der Waals surface area contributed by atoms with Crippen LogP contribution in [0.15, 0.2) is 42.5 Å². The molecule has 0 heterocycles. The Balaban J connectivity index is 2.51. The predicted octanol–water partition coefficient (Wildman–Crippen LogP) is 4.49. The molecular formula is C25H33Cl2N3O5S. The molecule has 0 fully saturated rings. The molecule has 2 rings (SSSR count). The van der Waals surface area contributed by atoms with E-state index in [1.165, 1.54) is 18.1 Å². The lowest BCUT2D eigenvalue weighted by Gasteiger charge is -2.33. The number of rotatable bonds is 12. The standard InChI is InChI=1S/C25H33Cl2N3O5S/c1-6-17(3)28-25(32)23(7-2)29(15-20-21(26)12-9-13-22(20)27)24(31)16-30(36(5,33)34)18-10-8-11-19(14-18)35-4/h8-14,17,23H,6-7,15-16H2,1-5H3,(H,28,32)/t17-,23+/m0/s1. The zero-order valence-electron chi connectivity index (χ0n) is 21.1. The molecule has 8 nitrogen and oxygen atoms in total. The molecule has 2 amide bonds. The van der Waals surface area contributed by atoms with Gasteiger partial charge in [0.1, 0.15) is 18.3 Å². The number of methoxy groups -OCH3 is 1. The number of ether oxygens (including phenoxy) is 1. The number of carbonyl (C=O) groups excluding carboxylic acids is 2. The van der Waals surface area contributed by atoms with Gasteiger partial charge >= 0.3 is 0 Å². The molecule has 0 spiro atoms. The normalized spacial score (nSPS) is 13.0. The van der Waals surface area contributed by atoms with Crippen molar-refractivity contribution in [2.24, 2.45) is 0 Å². The van der Waals surface area contributed by atoms with Gasteiger partial charge in [0.25, 0.3) is 0 Å². The van der Waals surface area contributed by atoms with Gasteiger partial charge in [0, 0.05) is 34.3 Å². The Morgan fingerprint density at radius 3 is 2.19 bits per heavy atom. The van der Waals surface area contributed by atoms with E-state index >= 15 is 0 Å². The first-order chi connectivity index (χ1) is 16.9. The van der Waals surface area contributed by atoms with Gasteiger partial charge in [0.05, 0.1) is 19.1 Å². The largest absolute Gasteiger partial charge is 0.497 e. The maximum absolute atomic E-state index is 13.7. The van der Waals surface area contributed by atoms with Crippen LogP contribution in [0.4, 0.5) is 5.69 Å². The summed E-state index contributed by atoms with van der Waals surface area (Å²) in [4.78, 5) is 28.2. The summed E-state index contributed by atoms with van der Waals surface area (Å²) in [6.45, 7) is 5.00. The van der Waals surface area contributed by atoms with E-state index in [1.807, 2.05) is 13.8 Å². The van der Waals surface area contributed by atoms with Gasteiger partial charge in [-0.3, -0.25) is 13.9 Å². The van der Waals surface area contributed by atoms with Crippen molar-refractivity contribution in [1.82, 2.24) is 10.2 Å². The van der Waals surface area contributed by atoms with Gasteiger partial charge in [0.2, 0.25) is 21.8 Å². The number of hydrogen-bond acceptors (Lipinski definition) is 5. The van der Waals surface area contributed by atoms with Crippen molar-refractivity contribution in [1.29, 1.82) is 0 Å². The van der Waals surface area contributed by atoms with Gasteiger partial charge in [-0.25, -0.2) is 8.42 Å². The van der Waals surface area contributed by atoms with E-state index in [2.05, 4.69) is 5.32 Å². The molecule has 1 N–H and O–H groups in total. The van der Waals surface area contributed by atoms with E-state index in [4.69, 9.17) is 27.9 Å². The first-order valence-corrected chi connectivity index (χ1v) is 14.2. The fourth-order valence-electron chi connectivity index (χ4n) is 3.59. The number of amides is 2. The highest BCUT2D eigenvalue weighted by molar-refractivity contribution is 7.92. The van der Waals surface area contributed by atoms with Crippen molar-refractivity contribution in [3.05, 3.63) is 58.1 Å². The van der Waals surface area contributed by atoms with Gasteiger partial charge in [-0.2, -0.15) is 0 Å². The molecule has 2 aromatic rings. The zero-order valence-corrected chi connectivity index (χ0v) is 23.5. The van der Waals surface area contributed by atoms with Crippen molar-refractivity contribution >= 4 is 50.7 Å². The quantitative estimate of drug-likeness (QED) is 0.414. The third-order valence-electron chi connectivity index (χ3n) is 5.80. The van der Waals surface area contributed by atoms with Crippen LogP contribution in [0.3, 0.4) is 0 Å². The fraction of sp³-hybridized carbons (Fsp3) is 0.440. The summed E-state index contributed by atoms with van der Waals surface area (Å²) in [6, 6.07) is 10.4. The lowest BCUT2D eigenvalue weighted by Crippen LogP contribution is -2.53. The number of benzene rings is 2. The minimum atomic E-state index is -3.86. The molecule has 0 aromatic heterocycles. The molecule has 198 valence electrons. The molecule has 0 aliphatic carbocycles. The number of halogens is 2. The molecule has 0 saturated carbocycles. The topological polar surface area (TPSA) is 96.0 Å². The summed E-state index contributed by atoms with van der Waals surface area (Å²) in [6.07, 6.45) is 2.03. The molecule has 0 unspecified atom stereocenters. The van der Waals surface area contributed by atoms with Crippen LogP contribution in [0.1, 0.15) is 39.2 Å². The zero-order chi connectivity index (χ0) is 27.0. The maximum Gasteiger partial charge on any atom is 0.244 e. The molecule has 2 atom stereocenters. The Kier molecular flexibility index (Phi) is 10.9. The van der Waals surface area contributed by atoms with Crippen LogP contribution in [0.5, 0.6) is 5.75 Å². The van der Waals surface area contributed by atoms with Gasteiger partial charge < -0.3 is 15.0 Å². The Hall–Kier alpha value is -2.49. The average Bonchev–Trinajstić information content (AvgIpc) is 2.83. The van der Waals surface area contributed by atoms with Crippen molar-refractivity contribution < 1.29 is 22.7 Å². The predicted molar refractivity (Wildman–Crippen MR) is 144 cm³/mol. The first-order valence-electron chi connectivity index (χ1n) is 11.6. The average molecular weight is 559 g/mol. The SMILES string of the molecule is CC[C@H](C(=O)N[C@@H](C)CC)N(Cc1c(Cl)cccc1Cl)C(=O)CN(c1cccc(OC)c1)S(C)(=O)=O. The number of nitrogens with one attached hydrogen (secondary N) is 1. The van der Waals surface area contributed by atoms with Crippen LogP contribution in [0.2, 0.25) is 10.0 Å². The van der Waals surface area contributed by atoms with E-state index in [0.717, 1.165) is 10.6 Å². The minimum absolute atomic E-state index is 0.0700. The number of nitrogens with zero attached hydrogens (tertiary/aromatic N) is 2. The third-order valence-corrected chi connectivity index (χ3v) is 7.65. The molecule has 36 heavy (non-hydrogen) atoms. The summed E-state index contributed by atoms with van der Waals surface area (Å²) >= 11 is 12.8. The lowest BCUT2D eigenvalue weighted by molar-refractivity contribution is -0.140. The summed E-state index contributed by atoms with van der Waals surface area (Å²) in [5, 5.41) is 3.59. The Bertz CT molecular complexity index is 1160. The van der Waals surface area contributed by atoms with Gasteiger partial charge in [-0.05, 0) is 44.0 Å². The van der Waals surface area contributed by atoms with E-state index in [9.17, 15) is 18.0 Å². The summed E-state index contributed by atoms with van der Waals surface area (Å²) in [7, 11) is -2.39. The van der Waals surface area contributed by atoms with Crippen LogP contribution in [-0.2, 0) is 26.2 Å². The third kappa shape index (κ3) is 7.75. The van der Waals surface area contributed by atoms with Crippen LogP contribution in [0, 0.1) is 0 Å². The molecule has 2 aromatic carbocycles. The van der Waals surface area contributed by atoms with Crippen LogP contribution >= 0.6 is 23.2 Å². The lowest BCUT2D eigenvalue weighted by atomic mass is 10.1. The molecule has 0 aliphatic rings. The number of sulfonamides is 1. The maximum atomic E-state index is 13.7. The monoisotopic (exact) mass is 557 g/mol. The highest BCUT2D eigenvalue weighted by Gasteiger charge is 2.33. The molecule has 11 heteroatoms.